The number of H-pyrrole nitrogens is 1. The quantitative estimate of drug-likeness (QED) is 0.731. The van der Waals surface area contributed by atoms with Gasteiger partial charge in [-0.1, -0.05) is 4.49 Å². The largest absolute Gasteiger partial charge is 0.318 e. The second-order valence-electron chi connectivity index (χ2n) is 2.22. The maximum absolute atomic E-state index is 11.4. The Morgan fingerprint density at radius 1 is 1.54 bits per heavy atom. The Morgan fingerprint density at radius 3 is 3.08 bits per heavy atom. The molecule has 0 saturated heterocycles. The number of rotatable bonds is 2. The summed E-state index contributed by atoms with van der Waals surface area (Å²) in [6.45, 7) is 0. The lowest BCUT2D eigenvalue weighted by Crippen LogP contribution is -2.09. The molecule has 2 aromatic heterocycles. The van der Waals surface area contributed by atoms with Crippen LogP contribution < -0.4 is 5.32 Å². The Balaban J connectivity index is 2.08. The Labute approximate surface area is 77.2 Å². The van der Waals surface area contributed by atoms with E-state index in [4.69, 9.17) is 0 Å². The Hall–Kier alpha value is -1.76. The molecule has 0 unspecified atom stereocenters. The van der Waals surface area contributed by atoms with Crippen LogP contribution in [0.15, 0.2) is 18.6 Å². The van der Waals surface area contributed by atoms with Gasteiger partial charge in [0, 0.05) is 6.20 Å². The van der Waals surface area contributed by atoms with Crippen LogP contribution in [0, 0.1) is 0 Å². The Kier molecular flexibility index (Phi) is 2.01. The van der Waals surface area contributed by atoms with Crippen molar-refractivity contribution in [2.45, 2.75) is 0 Å². The molecule has 0 aliphatic rings. The van der Waals surface area contributed by atoms with E-state index in [1.807, 2.05) is 0 Å². The van der Waals surface area contributed by atoms with Crippen LogP contribution in [-0.4, -0.2) is 25.7 Å². The van der Waals surface area contributed by atoms with Gasteiger partial charge in [0.15, 0.2) is 0 Å². The Bertz CT molecular complexity index is 381. The lowest BCUT2D eigenvalue weighted by atomic mass is 10.4. The van der Waals surface area contributed by atoms with Crippen molar-refractivity contribution < 1.29 is 4.79 Å². The van der Waals surface area contributed by atoms with Gasteiger partial charge in [-0.05, 0) is 11.5 Å². The summed E-state index contributed by atoms with van der Waals surface area (Å²) in [6.07, 6.45) is 4.53. The number of nitrogens with zero attached hydrogens (tertiary/aromatic N) is 3. The molecule has 0 spiro atoms. The number of carbonyl (C=O) groups is 1. The van der Waals surface area contributed by atoms with E-state index < -0.39 is 0 Å². The molecule has 6 nitrogen and oxygen atoms in total. The van der Waals surface area contributed by atoms with Gasteiger partial charge in [0.05, 0.1) is 18.1 Å². The molecule has 0 saturated carbocycles. The molecule has 0 aromatic carbocycles. The van der Waals surface area contributed by atoms with Gasteiger partial charge < -0.3 is 5.32 Å². The molecule has 2 rings (SSSR count). The van der Waals surface area contributed by atoms with Crippen molar-refractivity contribution in [3.63, 3.8) is 0 Å². The van der Waals surface area contributed by atoms with Crippen LogP contribution in [0.25, 0.3) is 0 Å². The maximum atomic E-state index is 11.4. The van der Waals surface area contributed by atoms with E-state index in [1.54, 1.807) is 6.20 Å². The lowest BCUT2D eigenvalue weighted by molar-refractivity contribution is 0.103. The van der Waals surface area contributed by atoms with Crippen LogP contribution in [0.4, 0.5) is 5.69 Å². The highest BCUT2D eigenvalue weighted by Gasteiger charge is 2.08. The molecule has 0 radical (unpaired) electrons. The number of hydrogen-bond donors (Lipinski definition) is 2. The van der Waals surface area contributed by atoms with Gasteiger partial charge in [-0.25, -0.2) is 0 Å². The van der Waals surface area contributed by atoms with Gasteiger partial charge in [0.1, 0.15) is 4.88 Å². The summed E-state index contributed by atoms with van der Waals surface area (Å²) in [7, 11) is 0. The number of nitrogens with one attached hydrogen (secondary N) is 2. The molecule has 7 heteroatoms. The molecule has 0 aliphatic heterocycles. The highest BCUT2D eigenvalue weighted by Crippen LogP contribution is 2.07. The molecule has 0 fully saturated rings. The highest BCUT2D eigenvalue weighted by atomic mass is 32.1. The monoisotopic (exact) mass is 195 g/mol. The summed E-state index contributed by atoms with van der Waals surface area (Å²) >= 11 is 1.05. The van der Waals surface area contributed by atoms with Crippen molar-refractivity contribution >= 4 is 23.1 Å². The summed E-state index contributed by atoms with van der Waals surface area (Å²) < 4.78 is 3.58. The van der Waals surface area contributed by atoms with Crippen LogP contribution >= 0.6 is 11.5 Å². The summed E-state index contributed by atoms with van der Waals surface area (Å²) in [5, 5.41) is 12.5. The number of aromatic amines is 1. The first-order chi connectivity index (χ1) is 6.36. The molecule has 0 bridgehead atoms. The first-order valence-electron chi connectivity index (χ1n) is 3.44. The Morgan fingerprint density at radius 2 is 2.46 bits per heavy atom. The third-order valence-corrected chi connectivity index (χ3v) is 2.00. The highest BCUT2D eigenvalue weighted by molar-refractivity contribution is 7.07. The zero-order valence-electron chi connectivity index (χ0n) is 6.39. The second-order valence-corrected chi connectivity index (χ2v) is 3.01. The van der Waals surface area contributed by atoms with E-state index in [-0.39, 0.29) is 5.91 Å². The molecule has 0 aliphatic carbocycles. The van der Waals surface area contributed by atoms with Crippen molar-refractivity contribution in [1.82, 2.24) is 19.8 Å². The number of aromatic nitrogens is 4. The van der Waals surface area contributed by atoms with E-state index in [2.05, 4.69) is 25.1 Å². The number of amides is 1. The van der Waals surface area contributed by atoms with E-state index in [9.17, 15) is 4.79 Å². The van der Waals surface area contributed by atoms with Crippen molar-refractivity contribution in [3.8, 4) is 0 Å². The van der Waals surface area contributed by atoms with E-state index >= 15 is 0 Å². The summed E-state index contributed by atoms with van der Waals surface area (Å²) in [5.74, 6) is -0.226. The van der Waals surface area contributed by atoms with Crippen molar-refractivity contribution in [2.75, 3.05) is 5.32 Å². The molecular formula is C6H5N5OS. The number of anilines is 1. The third kappa shape index (κ3) is 1.70. The average Bonchev–Trinajstić information content (AvgIpc) is 2.74. The van der Waals surface area contributed by atoms with Crippen LogP contribution in [-0.2, 0) is 0 Å². The standard InChI is InChI=1S/C6H5N5OS/c12-6(5-3-9-11-13-5)10-4-1-7-8-2-4/h1-3H,(H,7,8)(H,10,12). The van der Waals surface area contributed by atoms with Gasteiger partial charge in [-0.3, -0.25) is 9.89 Å². The van der Waals surface area contributed by atoms with Crippen LogP contribution in [0.1, 0.15) is 9.67 Å². The predicted octanol–water partition coefficient (Wildman–Crippen LogP) is 0.513. The first kappa shape index (κ1) is 7.87. The minimum atomic E-state index is -0.226. The van der Waals surface area contributed by atoms with E-state index in [0.29, 0.717) is 10.6 Å². The molecule has 2 N–H and O–H groups in total. The fourth-order valence-corrected chi connectivity index (χ4v) is 1.19. The van der Waals surface area contributed by atoms with E-state index in [0.717, 1.165) is 11.5 Å². The smallest absolute Gasteiger partial charge is 0.269 e. The predicted molar refractivity (Wildman–Crippen MR) is 46.4 cm³/mol. The minimum absolute atomic E-state index is 0.226. The first-order valence-corrected chi connectivity index (χ1v) is 4.21. The fraction of sp³-hybridized carbons (Fsp3) is 0. The number of carbonyl (C=O) groups excluding carboxylic acids is 1. The normalized spacial score (nSPS) is 9.85. The lowest BCUT2D eigenvalue weighted by Gasteiger charge is -1.96. The zero-order chi connectivity index (χ0) is 9.10. The van der Waals surface area contributed by atoms with Crippen LogP contribution in [0.3, 0.4) is 0 Å². The van der Waals surface area contributed by atoms with Gasteiger partial charge >= 0.3 is 0 Å². The third-order valence-electron chi connectivity index (χ3n) is 1.34. The molecule has 2 aromatic rings. The van der Waals surface area contributed by atoms with Crippen molar-refractivity contribution in [1.29, 1.82) is 0 Å². The zero-order valence-corrected chi connectivity index (χ0v) is 7.21. The SMILES string of the molecule is O=C(Nc1cn[nH]c1)c1cnns1. The molecule has 1 amide bonds. The fourth-order valence-electron chi connectivity index (χ4n) is 0.779. The molecule has 0 atom stereocenters. The van der Waals surface area contributed by atoms with Gasteiger partial charge in [-0.2, -0.15) is 5.10 Å². The van der Waals surface area contributed by atoms with Crippen molar-refractivity contribution in [3.05, 3.63) is 23.5 Å². The van der Waals surface area contributed by atoms with Crippen molar-refractivity contribution in [2.24, 2.45) is 0 Å². The van der Waals surface area contributed by atoms with Crippen LogP contribution in [0.2, 0.25) is 0 Å². The topological polar surface area (TPSA) is 83.6 Å². The summed E-state index contributed by atoms with van der Waals surface area (Å²) in [5.41, 5.74) is 0.624. The summed E-state index contributed by atoms with van der Waals surface area (Å²) in [4.78, 5) is 11.8. The molecule has 66 valence electrons. The van der Waals surface area contributed by atoms with E-state index in [1.165, 1.54) is 12.4 Å². The molecule has 13 heavy (non-hydrogen) atoms. The van der Waals surface area contributed by atoms with Crippen LogP contribution in [0.5, 0.6) is 0 Å². The molecule has 2 heterocycles. The van der Waals surface area contributed by atoms with Gasteiger partial charge in [0.2, 0.25) is 0 Å². The van der Waals surface area contributed by atoms with Gasteiger partial charge in [-0.15, -0.1) is 5.10 Å². The minimum Gasteiger partial charge on any atom is -0.318 e. The second kappa shape index (κ2) is 3.31. The molecular weight excluding hydrogens is 190 g/mol. The maximum Gasteiger partial charge on any atom is 0.269 e. The van der Waals surface area contributed by atoms with Gasteiger partial charge in [0.25, 0.3) is 5.91 Å². The number of hydrogen-bond acceptors (Lipinski definition) is 5. The summed E-state index contributed by atoms with van der Waals surface area (Å²) in [6, 6.07) is 0. The average molecular weight is 195 g/mol.